The van der Waals surface area contributed by atoms with Crippen molar-refractivity contribution in [1.29, 1.82) is 0 Å². The molecule has 1 amide bonds. The summed E-state index contributed by atoms with van der Waals surface area (Å²) in [6.07, 6.45) is 4.01. The molecule has 0 bridgehead atoms. The molecule has 0 radical (unpaired) electrons. The minimum atomic E-state index is -0.660. The zero-order valence-corrected chi connectivity index (χ0v) is 13.5. The standard InChI is InChI=1S/C18H27NO2/c1-4-18(2,21-3)17(20)19-12-10-16(11-13-19)14-15-8-6-5-7-9-15/h5-9,16H,4,10-14H2,1-3H3. The van der Waals surface area contributed by atoms with Gasteiger partial charge in [-0.15, -0.1) is 0 Å². The highest BCUT2D eigenvalue weighted by molar-refractivity contribution is 5.84. The fraction of sp³-hybridized carbons (Fsp3) is 0.611. The number of benzene rings is 1. The van der Waals surface area contributed by atoms with Crippen molar-refractivity contribution in [3.63, 3.8) is 0 Å². The molecule has 0 saturated carbocycles. The molecule has 0 aromatic heterocycles. The number of ether oxygens (including phenoxy) is 1. The number of carbonyl (C=O) groups is 1. The van der Waals surface area contributed by atoms with Crippen LogP contribution >= 0.6 is 0 Å². The van der Waals surface area contributed by atoms with Crippen LogP contribution in [0.2, 0.25) is 0 Å². The molecule has 1 unspecified atom stereocenters. The Morgan fingerprint density at radius 3 is 2.43 bits per heavy atom. The smallest absolute Gasteiger partial charge is 0.254 e. The third kappa shape index (κ3) is 3.85. The highest BCUT2D eigenvalue weighted by Crippen LogP contribution is 2.25. The van der Waals surface area contributed by atoms with Crippen LogP contribution in [0.3, 0.4) is 0 Å². The van der Waals surface area contributed by atoms with E-state index in [0.717, 1.165) is 32.4 Å². The number of likely N-dealkylation sites (tertiary alicyclic amines) is 1. The molecular weight excluding hydrogens is 262 g/mol. The Kier molecular flexibility index (Phi) is 5.40. The molecule has 1 aliphatic rings. The van der Waals surface area contributed by atoms with Crippen molar-refractivity contribution in [1.82, 2.24) is 4.90 Å². The summed E-state index contributed by atoms with van der Waals surface area (Å²) < 4.78 is 5.43. The van der Waals surface area contributed by atoms with Gasteiger partial charge in [0.2, 0.25) is 0 Å². The van der Waals surface area contributed by atoms with E-state index in [1.807, 2.05) is 18.7 Å². The van der Waals surface area contributed by atoms with E-state index in [-0.39, 0.29) is 5.91 Å². The number of rotatable bonds is 5. The van der Waals surface area contributed by atoms with Crippen molar-refractivity contribution in [2.45, 2.75) is 45.1 Å². The fourth-order valence-electron chi connectivity index (χ4n) is 3.00. The van der Waals surface area contributed by atoms with Gasteiger partial charge < -0.3 is 9.64 Å². The fourth-order valence-corrected chi connectivity index (χ4v) is 3.00. The van der Waals surface area contributed by atoms with Gasteiger partial charge in [-0.25, -0.2) is 0 Å². The molecule has 1 fully saturated rings. The largest absolute Gasteiger partial charge is 0.369 e. The van der Waals surface area contributed by atoms with Crippen molar-refractivity contribution >= 4 is 5.91 Å². The molecule has 0 N–H and O–H groups in total. The van der Waals surface area contributed by atoms with Crippen LogP contribution in [0.1, 0.15) is 38.7 Å². The predicted molar refractivity (Wildman–Crippen MR) is 85.2 cm³/mol. The molecule has 1 aliphatic heterocycles. The minimum absolute atomic E-state index is 0.144. The van der Waals surface area contributed by atoms with Crippen LogP contribution in [0.25, 0.3) is 0 Å². The van der Waals surface area contributed by atoms with Crippen molar-refractivity contribution in [3.8, 4) is 0 Å². The summed E-state index contributed by atoms with van der Waals surface area (Å²) in [7, 11) is 1.63. The first kappa shape index (κ1) is 16.0. The number of nitrogens with zero attached hydrogens (tertiary/aromatic N) is 1. The monoisotopic (exact) mass is 289 g/mol. The maximum absolute atomic E-state index is 12.5. The number of hydrogen-bond acceptors (Lipinski definition) is 2. The number of methoxy groups -OCH3 is 1. The summed E-state index contributed by atoms with van der Waals surface area (Å²) in [4.78, 5) is 14.5. The molecule has 1 heterocycles. The second-order valence-electron chi connectivity index (χ2n) is 6.21. The molecule has 1 saturated heterocycles. The van der Waals surface area contributed by atoms with E-state index < -0.39 is 5.60 Å². The topological polar surface area (TPSA) is 29.5 Å². The maximum atomic E-state index is 12.5. The molecular formula is C18H27NO2. The van der Waals surface area contributed by atoms with E-state index in [4.69, 9.17) is 4.74 Å². The van der Waals surface area contributed by atoms with E-state index in [1.54, 1.807) is 7.11 Å². The first-order valence-electron chi connectivity index (χ1n) is 7.97. The minimum Gasteiger partial charge on any atom is -0.369 e. The molecule has 21 heavy (non-hydrogen) atoms. The van der Waals surface area contributed by atoms with E-state index in [0.29, 0.717) is 12.3 Å². The van der Waals surface area contributed by atoms with Crippen LogP contribution in [-0.2, 0) is 16.0 Å². The van der Waals surface area contributed by atoms with Gasteiger partial charge in [0, 0.05) is 20.2 Å². The second-order valence-corrected chi connectivity index (χ2v) is 6.21. The summed E-state index contributed by atoms with van der Waals surface area (Å²) in [5, 5.41) is 0. The van der Waals surface area contributed by atoms with Crippen LogP contribution in [-0.4, -0.2) is 36.6 Å². The van der Waals surface area contributed by atoms with Crippen molar-refractivity contribution in [2.24, 2.45) is 5.92 Å². The normalized spacial score (nSPS) is 19.3. The zero-order valence-electron chi connectivity index (χ0n) is 13.5. The first-order valence-corrected chi connectivity index (χ1v) is 7.97. The Hall–Kier alpha value is -1.35. The van der Waals surface area contributed by atoms with Crippen LogP contribution in [0, 0.1) is 5.92 Å². The van der Waals surface area contributed by atoms with Gasteiger partial charge in [0.1, 0.15) is 5.60 Å². The highest BCUT2D eigenvalue weighted by atomic mass is 16.5. The van der Waals surface area contributed by atoms with Gasteiger partial charge in [-0.2, -0.15) is 0 Å². The Balaban J connectivity index is 1.87. The summed E-state index contributed by atoms with van der Waals surface area (Å²) >= 11 is 0. The molecule has 2 rings (SSSR count). The predicted octanol–water partition coefficient (Wildman–Crippen LogP) is 3.28. The van der Waals surface area contributed by atoms with Gasteiger partial charge in [-0.1, -0.05) is 37.3 Å². The number of hydrogen-bond donors (Lipinski definition) is 0. The molecule has 0 aliphatic carbocycles. The third-order valence-electron chi connectivity index (χ3n) is 4.85. The average molecular weight is 289 g/mol. The summed E-state index contributed by atoms with van der Waals surface area (Å²) in [6, 6.07) is 10.6. The number of piperidine rings is 1. The van der Waals surface area contributed by atoms with E-state index in [9.17, 15) is 4.79 Å². The summed E-state index contributed by atoms with van der Waals surface area (Å²) in [6.45, 7) is 5.61. The molecule has 1 aromatic carbocycles. The van der Waals surface area contributed by atoms with Crippen LogP contribution in [0.15, 0.2) is 30.3 Å². The summed E-state index contributed by atoms with van der Waals surface area (Å²) in [5.74, 6) is 0.831. The summed E-state index contributed by atoms with van der Waals surface area (Å²) in [5.41, 5.74) is 0.740. The molecule has 116 valence electrons. The molecule has 3 heteroatoms. The SMILES string of the molecule is CCC(C)(OC)C(=O)N1CCC(Cc2ccccc2)CC1. The molecule has 0 spiro atoms. The second kappa shape index (κ2) is 7.08. The molecule has 1 aromatic rings. The third-order valence-corrected chi connectivity index (χ3v) is 4.85. The average Bonchev–Trinajstić information content (AvgIpc) is 2.55. The van der Waals surface area contributed by atoms with Gasteiger partial charge in [0.05, 0.1) is 0 Å². The van der Waals surface area contributed by atoms with Gasteiger partial charge in [-0.05, 0) is 44.1 Å². The van der Waals surface area contributed by atoms with Gasteiger partial charge in [0.15, 0.2) is 0 Å². The van der Waals surface area contributed by atoms with Gasteiger partial charge >= 0.3 is 0 Å². The lowest BCUT2D eigenvalue weighted by Gasteiger charge is -2.37. The Bertz CT molecular complexity index is 446. The Labute approximate surface area is 128 Å². The van der Waals surface area contributed by atoms with Crippen LogP contribution in [0.4, 0.5) is 0 Å². The quantitative estimate of drug-likeness (QED) is 0.832. The number of amides is 1. The van der Waals surface area contributed by atoms with Gasteiger partial charge in [-0.3, -0.25) is 4.79 Å². The van der Waals surface area contributed by atoms with Crippen molar-refractivity contribution < 1.29 is 9.53 Å². The van der Waals surface area contributed by atoms with Crippen LogP contribution in [0.5, 0.6) is 0 Å². The Morgan fingerprint density at radius 1 is 1.29 bits per heavy atom. The van der Waals surface area contributed by atoms with E-state index in [1.165, 1.54) is 5.56 Å². The van der Waals surface area contributed by atoms with Crippen molar-refractivity contribution in [2.75, 3.05) is 20.2 Å². The Morgan fingerprint density at radius 2 is 1.90 bits per heavy atom. The lowest BCUT2D eigenvalue weighted by molar-refractivity contribution is -0.154. The first-order chi connectivity index (χ1) is 10.1. The lowest BCUT2D eigenvalue weighted by atomic mass is 9.89. The van der Waals surface area contributed by atoms with Crippen molar-refractivity contribution in [3.05, 3.63) is 35.9 Å². The van der Waals surface area contributed by atoms with E-state index in [2.05, 4.69) is 30.3 Å². The highest BCUT2D eigenvalue weighted by Gasteiger charge is 2.36. The molecule has 3 nitrogen and oxygen atoms in total. The molecule has 1 atom stereocenters. The zero-order chi connectivity index (χ0) is 15.3. The maximum Gasteiger partial charge on any atom is 0.254 e. The lowest BCUT2D eigenvalue weighted by Crippen LogP contribution is -2.50. The van der Waals surface area contributed by atoms with Crippen LogP contribution < -0.4 is 0 Å². The van der Waals surface area contributed by atoms with E-state index >= 15 is 0 Å². The van der Waals surface area contributed by atoms with Gasteiger partial charge in [0.25, 0.3) is 5.91 Å². The number of carbonyl (C=O) groups excluding carboxylic acids is 1.